The molecule has 2 aromatic rings. The molecule has 0 aliphatic heterocycles. The fraction of sp³-hybridized carbons (Fsp3) is 0.188. The third-order valence-corrected chi connectivity index (χ3v) is 3.71. The Morgan fingerprint density at radius 1 is 1.29 bits per heavy atom. The number of amides is 1. The van der Waals surface area contributed by atoms with Gasteiger partial charge in [0, 0.05) is 9.50 Å². The Hall–Kier alpha value is -1.52. The van der Waals surface area contributed by atoms with Crippen LogP contribution in [0.2, 0.25) is 5.02 Å². The lowest BCUT2D eigenvalue weighted by molar-refractivity contribution is 0.0946. The number of hydrogen-bond acceptors (Lipinski definition) is 2. The van der Waals surface area contributed by atoms with Crippen molar-refractivity contribution >= 4 is 33.4 Å². The summed E-state index contributed by atoms with van der Waals surface area (Å²) in [7, 11) is 0. The molecule has 0 heterocycles. The van der Waals surface area contributed by atoms with Crippen molar-refractivity contribution in [3.05, 3.63) is 63.1 Å². The van der Waals surface area contributed by atoms with E-state index in [0.717, 1.165) is 11.3 Å². The lowest BCUT2D eigenvalue weighted by atomic mass is 10.2. The van der Waals surface area contributed by atoms with E-state index >= 15 is 0 Å². The van der Waals surface area contributed by atoms with Gasteiger partial charge in [-0.3, -0.25) is 4.79 Å². The van der Waals surface area contributed by atoms with E-state index in [1.807, 2.05) is 31.2 Å². The van der Waals surface area contributed by atoms with Gasteiger partial charge in [-0.15, -0.1) is 0 Å². The van der Waals surface area contributed by atoms with Gasteiger partial charge in [-0.2, -0.15) is 0 Å². The normalized spacial score (nSPS) is 10.2. The Morgan fingerprint density at radius 3 is 2.81 bits per heavy atom. The molecule has 21 heavy (non-hydrogen) atoms. The zero-order valence-corrected chi connectivity index (χ0v) is 13.9. The molecule has 0 aliphatic carbocycles. The first-order valence-electron chi connectivity index (χ1n) is 6.49. The first-order valence-corrected chi connectivity index (χ1v) is 7.66. The Balaban J connectivity index is 1.82. The highest BCUT2D eigenvalue weighted by Gasteiger charge is 2.09. The second-order valence-electron chi connectivity index (χ2n) is 4.55. The Bertz CT molecular complexity index is 646. The summed E-state index contributed by atoms with van der Waals surface area (Å²) in [5.41, 5.74) is 1.69. The minimum atomic E-state index is -0.161. The van der Waals surface area contributed by atoms with Gasteiger partial charge in [0.05, 0.1) is 12.1 Å². The molecule has 110 valence electrons. The van der Waals surface area contributed by atoms with Gasteiger partial charge in [0.25, 0.3) is 5.91 Å². The molecule has 0 unspecified atom stereocenters. The second kappa shape index (κ2) is 7.48. The average molecular weight is 369 g/mol. The summed E-state index contributed by atoms with van der Waals surface area (Å²) < 4.78 is 6.25. The van der Waals surface area contributed by atoms with Crippen molar-refractivity contribution in [2.24, 2.45) is 0 Å². The fourth-order valence-electron chi connectivity index (χ4n) is 1.81. The molecular weight excluding hydrogens is 354 g/mol. The molecule has 2 aromatic carbocycles. The van der Waals surface area contributed by atoms with Crippen LogP contribution in [-0.4, -0.2) is 19.1 Å². The van der Waals surface area contributed by atoms with Crippen LogP contribution < -0.4 is 10.1 Å². The first kappa shape index (κ1) is 15.9. The molecule has 1 amide bonds. The summed E-state index contributed by atoms with van der Waals surface area (Å²) in [6, 6.07) is 12.9. The van der Waals surface area contributed by atoms with Gasteiger partial charge < -0.3 is 10.1 Å². The first-order chi connectivity index (χ1) is 10.1. The Labute approximate surface area is 137 Å². The predicted octanol–water partition coefficient (Wildman–Crippen LogP) is 4.22. The molecule has 0 bridgehead atoms. The van der Waals surface area contributed by atoms with Crippen LogP contribution in [0.25, 0.3) is 0 Å². The number of hydrogen-bond donors (Lipinski definition) is 1. The number of nitrogens with one attached hydrogen (secondary N) is 1. The summed E-state index contributed by atoms with van der Waals surface area (Å²) in [6.07, 6.45) is 0. The lowest BCUT2D eigenvalue weighted by Crippen LogP contribution is -2.28. The standard InChI is InChI=1S/C16H15BrClNO2/c1-11-3-2-4-13(9-11)21-8-7-19-16(20)14-6-5-12(18)10-15(14)17/h2-6,9-10H,7-8H2,1H3,(H,19,20). The second-order valence-corrected chi connectivity index (χ2v) is 5.84. The number of carbonyl (C=O) groups excluding carboxylic acids is 1. The van der Waals surface area contributed by atoms with Crippen molar-refractivity contribution < 1.29 is 9.53 Å². The monoisotopic (exact) mass is 367 g/mol. The molecule has 0 spiro atoms. The largest absolute Gasteiger partial charge is 0.492 e. The summed E-state index contributed by atoms with van der Waals surface area (Å²) in [6.45, 7) is 2.86. The fourth-order valence-corrected chi connectivity index (χ4v) is 2.67. The molecule has 1 N–H and O–H groups in total. The number of benzene rings is 2. The van der Waals surface area contributed by atoms with Crippen molar-refractivity contribution in [3.63, 3.8) is 0 Å². The quantitative estimate of drug-likeness (QED) is 0.803. The zero-order chi connectivity index (χ0) is 15.2. The maximum Gasteiger partial charge on any atom is 0.252 e. The summed E-state index contributed by atoms with van der Waals surface area (Å²) in [4.78, 5) is 12.0. The van der Waals surface area contributed by atoms with Gasteiger partial charge in [0.15, 0.2) is 0 Å². The van der Waals surface area contributed by atoms with E-state index in [1.54, 1.807) is 18.2 Å². The van der Waals surface area contributed by atoms with Crippen LogP contribution in [0.5, 0.6) is 5.75 Å². The van der Waals surface area contributed by atoms with Crippen molar-refractivity contribution in [2.45, 2.75) is 6.92 Å². The highest BCUT2D eigenvalue weighted by atomic mass is 79.9. The smallest absolute Gasteiger partial charge is 0.252 e. The Morgan fingerprint density at radius 2 is 2.10 bits per heavy atom. The number of carbonyl (C=O) groups is 1. The van der Waals surface area contributed by atoms with E-state index in [1.165, 1.54) is 0 Å². The van der Waals surface area contributed by atoms with E-state index in [0.29, 0.717) is 28.2 Å². The maximum atomic E-state index is 12.0. The summed E-state index contributed by atoms with van der Waals surface area (Å²) in [5.74, 6) is 0.642. The molecule has 0 fully saturated rings. The molecular formula is C16H15BrClNO2. The van der Waals surface area contributed by atoms with E-state index in [9.17, 15) is 4.79 Å². The topological polar surface area (TPSA) is 38.3 Å². The molecule has 0 aromatic heterocycles. The van der Waals surface area contributed by atoms with Crippen molar-refractivity contribution in [1.29, 1.82) is 0 Å². The lowest BCUT2D eigenvalue weighted by Gasteiger charge is -2.09. The van der Waals surface area contributed by atoms with Crippen molar-refractivity contribution in [3.8, 4) is 5.75 Å². The third kappa shape index (κ3) is 4.76. The van der Waals surface area contributed by atoms with E-state index in [-0.39, 0.29) is 5.91 Å². The SMILES string of the molecule is Cc1cccc(OCCNC(=O)c2ccc(Cl)cc2Br)c1. The number of rotatable bonds is 5. The van der Waals surface area contributed by atoms with Gasteiger partial charge in [0.2, 0.25) is 0 Å². The number of ether oxygens (including phenoxy) is 1. The van der Waals surface area contributed by atoms with Crippen LogP contribution in [0.1, 0.15) is 15.9 Å². The number of halogens is 2. The minimum absolute atomic E-state index is 0.161. The van der Waals surface area contributed by atoms with Crippen LogP contribution >= 0.6 is 27.5 Å². The van der Waals surface area contributed by atoms with Gasteiger partial charge in [-0.1, -0.05) is 23.7 Å². The van der Waals surface area contributed by atoms with Crippen LogP contribution in [0.3, 0.4) is 0 Å². The molecule has 0 radical (unpaired) electrons. The minimum Gasteiger partial charge on any atom is -0.492 e. The molecule has 0 atom stereocenters. The highest BCUT2D eigenvalue weighted by molar-refractivity contribution is 9.10. The summed E-state index contributed by atoms with van der Waals surface area (Å²) >= 11 is 9.17. The van der Waals surface area contributed by atoms with Gasteiger partial charge in [-0.25, -0.2) is 0 Å². The van der Waals surface area contributed by atoms with Gasteiger partial charge in [0.1, 0.15) is 12.4 Å². The predicted molar refractivity (Wildman–Crippen MR) is 88.2 cm³/mol. The third-order valence-electron chi connectivity index (χ3n) is 2.82. The molecule has 5 heteroatoms. The number of aryl methyl sites for hydroxylation is 1. The Kier molecular flexibility index (Phi) is 5.65. The van der Waals surface area contributed by atoms with E-state index < -0.39 is 0 Å². The summed E-state index contributed by atoms with van der Waals surface area (Å²) in [5, 5.41) is 3.39. The van der Waals surface area contributed by atoms with Crippen molar-refractivity contribution in [1.82, 2.24) is 5.32 Å². The zero-order valence-electron chi connectivity index (χ0n) is 11.5. The molecule has 0 saturated carbocycles. The molecule has 0 aliphatic rings. The van der Waals surface area contributed by atoms with E-state index in [2.05, 4.69) is 21.2 Å². The highest BCUT2D eigenvalue weighted by Crippen LogP contribution is 2.21. The molecule has 2 rings (SSSR count). The maximum absolute atomic E-state index is 12.0. The van der Waals surface area contributed by atoms with Crippen molar-refractivity contribution in [2.75, 3.05) is 13.2 Å². The van der Waals surface area contributed by atoms with Crippen LogP contribution in [0.15, 0.2) is 46.9 Å². The average Bonchev–Trinajstić information content (AvgIpc) is 2.43. The van der Waals surface area contributed by atoms with Crippen LogP contribution in [0.4, 0.5) is 0 Å². The molecule has 3 nitrogen and oxygen atoms in total. The van der Waals surface area contributed by atoms with Crippen LogP contribution in [-0.2, 0) is 0 Å². The van der Waals surface area contributed by atoms with Gasteiger partial charge in [-0.05, 0) is 58.7 Å². The molecule has 0 saturated heterocycles. The van der Waals surface area contributed by atoms with E-state index in [4.69, 9.17) is 16.3 Å². The van der Waals surface area contributed by atoms with Crippen LogP contribution in [0, 0.1) is 6.92 Å². The van der Waals surface area contributed by atoms with Gasteiger partial charge >= 0.3 is 0 Å².